The minimum absolute atomic E-state index is 0.421. The molecular formula is C11H20O2. The Kier molecular flexibility index (Phi) is 7.71. The Morgan fingerprint density at radius 1 is 1.00 bits per heavy atom. The maximum absolute atomic E-state index is 9.27. The van der Waals surface area contributed by atoms with Crippen LogP contribution in [0.3, 0.4) is 0 Å². The van der Waals surface area contributed by atoms with Crippen LogP contribution in [0.4, 0.5) is 0 Å². The molecule has 0 saturated carbocycles. The van der Waals surface area contributed by atoms with E-state index in [1.165, 1.54) is 0 Å². The van der Waals surface area contributed by atoms with Gasteiger partial charge in [0.2, 0.25) is 0 Å². The molecule has 2 heteroatoms. The predicted molar refractivity (Wildman–Crippen MR) is 54.5 cm³/mol. The molecule has 2 N–H and O–H groups in total. The van der Waals surface area contributed by atoms with Gasteiger partial charge in [0.15, 0.2) is 0 Å². The Morgan fingerprint density at radius 2 is 1.38 bits per heavy atom. The van der Waals surface area contributed by atoms with Crippen molar-refractivity contribution < 1.29 is 10.2 Å². The lowest BCUT2D eigenvalue weighted by Gasteiger charge is -2.00. The fourth-order valence-corrected chi connectivity index (χ4v) is 1.04. The zero-order chi connectivity index (χ0) is 10.1. The molecule has 0 bridgehead atoms. The van der Waals surface area contributed by atoms with Crippen molar-refractivity contribution in [2.45, 2.75) is 51.7 Å². The molecule has 0 aliphatic heterocycles. The minimum Gasteiger partial charge on any atom is -0.388 e. The number of aliphatic hydroxyl groups is 2. The van der Waals surface area contributed by atoms with Crippen LogP contribution in [0.25, 0.3) is 0 Å². The molecule has 0 fully saturated rings. The Bertz CT molecular complexity index is 153. The highest BCUT2D eigenvalue weighted by atomic mass is 16.3. The van der Waals surface area contributed by atoms with Crippen LogP contribution < -0.4 is 0 Å². The summed E-state index contributed by atoms with van der Waals surface area (Å²) in [5, 5.41) is 18.5. The Labute approximate surface area is 80.6 Å². The van der Waals surface area contributed by atoms with E-state index in [-0.39, 0.29) is 0 Å². The molecular weight excluding hydrogens is 164 g/mol. The summed E-state index contributed by atoms with van der Waals surface area (Å²) >= 11 is 0. The van der Waals surface area contributed by atoms with Gasteiger partial charge in [0.05, 0.1) is 12.2 Å². The van der Waals surface area contributed by atoms with E-state index in [4.69, 9.17) is 0 Å². The summed E-state index contributed by atoms with van der Waals surface area (Å²) in [6.07, 6.45) is 5.78. The lowest BCUT2D eigenvalue weighted by atomic mass is 10.2. The average Bonchev–Trinajstić information content (AvgIpc) is 2.05. The van der Waals surface area contributed by atoms with E-state index >= 15 is 0 Å². The largest absolute Gasteiger partial charge is 0.388 e. The normalized spacial score (nSPS) is 14.5. The first-order valence-electron chi connectivity index (χ1n) is 4.99. The first kappa shape index (κ1) is 12.4. The van der Waals surface area contributed by atoms with Crippen LogP contribution >= 0.6 is 0 Å². The van der Waals surface area contributed by atoms with E-state index < -0.39 is 12.2 Å². The number of hydrogen-bond acceptors (Lipinski definition) is 2. The molecule has 0 aromatic heterocycles. The molecule has 2 unspecified atom stereocenters. The highest BCUT2D eigenvalue weighted by Crippen LogP contribution is 1.98. The Balaban J connectivity index is 3.79. The molecule has 76 valence electrons. The van der Waals surface area contributed by atoms with Gasteiger partial charge in [0, 0.05) is 0 Å². The van der Waals surface area contributed by atoms with Crippen molar-refractivity contribution in [3.05, 3.63) is 17.9 Å². The van der Waals surface area contributed by atoms with Gasteiger partial charge in [-0.2, -0.15) is 0 Å². The Morgan fingerprint density at radius 3 is 1.69 bits per heavy atom. The lowest BCUT2D eigenvalue weighted by Crippen LogP contribution is -2.01. The molecule has 0 radical (unpaired) electrons. The third-order valence-corrected chi connectivity index (χ3v) is 1.75. The van der Waals surface area contributed by atoms with Gasteiger partial charge in [-0.1, -0.05) is 26.7 Å². The molecule has 0 aliphatic rings. The molecule has 13 heavy (non-hydrogen) atoms. The summed E-state index contributed by atoms with van der Waals surface area (Å²) in [7, 11) is 0. The van der Waals surface area contributed by atoms with Crippen LogP contribution in [0.1, 0.15) is 39.5 Å². The number of aliphatic hydroxyl groups excluding tert-OH is 2. The summed E-state index contributed by atoms with van der Waals surface area (Å²) in [5.41, 5.74) is 2.80. The van der Waals surface area contributed by atoms with Gasteiger partial charge in [-0.05, 0) is 25.0 Å². The Hall–Kier alpha value is -0.560. The van der Waals surface area contributed by atoms with Crippen molar-refractivity contribution in [3.63, 3.8) is 0 Å². The standard InChI is InChI=1S/C11H20O2/c1-3-6-10(12)8-5-9-11(13)7-4-2/h8-13H,3-4,6-7H2,1-2H3. The summed E-state index contributed by atoms with van der Waals surface area (Å²) < 4.78 is 0. The minimum atomic E-state index is -0.421. The highest BCUT2D eigenvalue weighted by molar-refractivity contribution is 4.93. The number of rotatable bonds is 6. The van der Waals surface area contributed by atoms with Gasteiger partial charge in [0.25, 0.3) is 0 Å². The second-order valence-electron chi connectivity index (χ2n) is 3.21. The second kappa shape index (κ2) is 8.06. The summed E-state index contributed by atoms with van der Waals surface area (Å²) in [5.74, 6) is 0. The first-order valence-corrected chi connectivity index (χ1v) is 4.99. The monoisotopic (exact) mass is 184 g/mol. The molecule has 0 saturated heterocycles. The predicted octanol–water partition coefficient (Wildman–Crippen LogP) is 2.02. The van der Waals surface area contributed by atoms with Gasteiger partial charge in [-0.15, -0.1) is 5.73 Å². The summed E-state index contributed by atoms with van der Waals surface area (Å²) in [6, 6.07) is 0. The van der Waals surface area contributed by atoms with Crippen molar-refractivity contribution in [2.75, 3.05) is 0 Å². The SMILES string of the molecule is CCCC(O)C=C=CC(O)CCC. The molecule has 0 heterocycles. The molecule has 0 amide bonds. The van der Waals surface area contributed by atoms with Gasteiger partial charge in [0.1, 0.15) is 0 Å². The van der Waals surface area contributed by atoms with Crippen LogP contribution in [0, 0.1) is 0 Å². The maximum atomic E-state index is 9.27. The number of hydrogen-bond donors (Lipinski definition) is 2. The highest BCUT2D eigenvalue weighted by Gasteiger charge is 1.96. The van der Waals surface area contributed by atoms with E-state index in [9.17, 15) is 10.2 Å². The van der Waals surface area contributed by atoms with Crippen molar-refractivity contribution in [2.24, 2.45) is 0 Å². The van der Waals surface area contributed by atoms with Gasteiger partial charge in [-0.25, -0.2) is 0 Å². The van der Waals surface area contributed by atoms with E-state index in [0.29, 0.717) is 0 Å². The topological polar surface area (TPSA) is 40.5 Å². The van der Waals surface area contributed by atoms with Crippen LogP contribution in [0.5, 0.6) is 0 Å². The fourth-order valence-electron chi connectivity index (χ4n) is 1.04. The third kappa shape index (κ3) is 7.79. The quantitative estimate of drug-likeness (QED) is 0.620. The lowest BCUT2D eigenvalue weighted by molar-refractivity contribution is 0.208. The van der Waals surface area contributed by atoms with E-state index in [1.807, 2.05) is 13.8 Å². The first-order chi connectivity index (χ1) is 6.20. The molecule has 0 aromatic carbocycles. The molecule has 0 aliphatic carbocycles. The van der Waals surface area contributed by atoms with Gasteiger partial charge >= 0.3 is 0 Å². The van der Waals surface area contributed by atoms with Gasteiger partial charge in [-0.3, -0.25) is 0 Å². The van der Waals surface area contributed by atoms with E-state index in [1.54, 1.807) is 12.2 Å². The molecule has 2 atom stereocenters. The van der Waals surface area contributed by atoms with Crippen LogP contribution in [0.15, 0.2) is 17.9 Å². The molecule has 2 nitrogen and oxygen atoms in total. The van der Waals surface area contributed by atoms with Crippen molar-refractivity contribution in [3.8, 4) is 0 Å². The van der Waals surface area contributed by atoms with Crippen molar-refractivity contribution in [1.82, 2.24) is 0 Å². The van der Waals surface area contributed by atoms with Crippen LogP contribution in [-0.2, 0) is 0 Å². The van der Waals surface area contributed by atoms with Crippen LogP contribution in [0.2, 0.25) is 0 Å². The van der Waals surface area contributed by atoms with Gasteiger partial charge < -0.3 is 10.2 Å². The molecule has 0 rings (SSSR count). The smallest absolute Gasteiger partial charge is 0.0794 e. The zero-order valence-electron chi connectivity index (χ0n) is 8.53. The van der Waals surface area contributed by atoms with E-state index in [0.717, 1.165) is 25.7 Å². The summed E-state index contributed by atoms with van der Waals surface area (Å²) in [6.45, 7) is 4.04. The molecule has 0 spiro atoms. The van der Waals surface area contributed by atoms with Crippen molar-refractivity contribution >= 4 is 0 Å². The third-order valence-electron chi connectivity index (χ3n) is 1.75. The van der Waals surface area contributed by atoms with E-state index in [2.05, 4.69) is 5.73 Å². The fraction of sp³-hybridized carbons (Fsp3) is 0.727. The van der Waals surface area contributed by atoms with Crippen molar-refractivity contribution in [1.29, 1.82) is 0 Å². The zero-order valence-corrected chi connectivity index (χ0v) is 8.53. The maximum Gasteiger partial charge on any atom is 0.0794 e. The molecule has 0 aromatic rings. The second-order valence-corrected chi connectivity index (χ2v) is 3.21. The average molecular weight is 184 g/mol. The van der Waals surface area contributed by atoms with Crippen LogP contribution in [-0.4, -0.2) is 22.4 Å². The summed E-state index contributed by atoms with van der Waals surface area (Å²) in [4.78, 5) is 0.